The molecule has 0 aliphatic rings. The van der Waals surface area contributed by atoms with Gasteiger partial charge in [0.2, 0.25) is 0 Å². The first-order valence-electron chi connectivity index (χ1n) is 4.89. The van der Waals surface area contributed by atoms with Gasteiger partial charge in [0.25, 0.3) is 11.9 Å². The molecule has 0 spiro atoms. The number of para-hydroxylation sites is 1. The summed E-state index contributed by atoms with van der Waals surface area (Å²) < 4.78 is 5.12. The van der Waals surface area contributed by atoms with Crippen LogP contribution in [-0.4, -0.2) is 4.33 Å². The molecule has 0 unspecified atom stereocenters. The molecule has 4 nitrogen and oxygen atoms in total. The van der Waals surface area contributed by atoms with E-state index in [1.165, 1.54) is 0 Å². The molecule has 0 N–H and O–H groups in total. The van der Waals surface area contributed by atoms with Gasteiger partial charge in [-0.25, -0.2) is 0 Å². The van der Waals surface area contributed by atoms with Gasteiger partial charge in [0.05, 0.1) is 4.90 Å². The summed E-state index contributed by atoms with van der Waals surface area (Å²) in [6, 6.07) is 16.1. The van der Waals surface area contributed by atoms with E-state index < -0.39 is 4.33 Å². The van der Waals surface area contributed by atoms with Crippen LogP contribution in [0.25, 0.3) is 0 Å². The van der Waals surface area contributed by atoms with E-state index in [4.69, 9.17) is 4.74 Å². The van der Waals surface area contributed by atoms with Crippen molar-refractivity contribution < 1.29 is 9.07 Å². The molecule has 0 bridgehead atoms. The number of hydrogen-bond acceptors (Lipinski definition) is 4. The highest BCUT2D eigenvalue weighted by atomic mass is 32.2. The van der Waals surface area contributed by atoms with E-state index in [-0.39, 0.29) is 0 Å². The van der Waals surface area contributed by atoms with Crippen LogP contribution in [0.3, 0.4) is 0 Å². The minimum Gasteiger partial charge on any atom is -0.457 e. The van der Waals surface area contributed by atoms with E-state index >= 15 is 0 Å². The lowest BCUT2D eigenvalue weighted by molar-refractivity contribution is -0.284. The molecule has 0 radical (unpaired) electrons. The summed E-state index contributed by atoms with van der Waals surface area (Å²) in [5.74, 6) is 1.39. The molecule has 0 amide bonds. The quantitative estimate of drug-likeness (QED) is 0.469. The van der Waals surface area contributed by atoms with Crippen molar-refractivity contribution in [2.75, 3.05) is 0 Å². The average molecular weight is 247 g/mol. The third-order valence-corrected chi connectivity index (χ3v) is 2.61. The van der Waals surface area contributed by atoms with Gasteiger partial charge in [-0.3, -0.25) is 10.1 Å². The molecule has 2 aromatic rings. The number of ether oxygens (including phenoxy) is 1. The molecule has 86 valence electrons. The summed E-state index contributed by atoms with van der Waals surface area (Å²) in [5.41, 5.74) is 0. The summed E-state index contributed by atoms with van der Waals surface area (Å²) in [7, 11) is 0. The zero-order valence-electron chi connectivity index (χ0n) is 8.78. The van der Waals surface area contributed by atoms with Crippen LogP contribution in [-0.2, 0) is 0 Å². The van der Waals surface area contributed by atoms with Gasteiger partial charge >= 0.3 is 0 Å². The van der Waals surface area contributed by atoms with Gasteiger partial charge in [-0.05, 0) is 36.4 Å². The van der Waals surface area contributed by atoms with Crippen molar-refractivity contribution in [2.24, 2.45) is 0 Å². The highest BCUT2D eigenvalue weighted by Crippen LogP contribution is 2.24. The normalized spacial score (nSPS) is 9.88. The fourth-order valence-corrected chi connectivity index (χ4v) is 1.71. The van der Waals surface area contributed by atoms with Crippen molar-refractivity contribution in [2.45, 2.75) is 4.90 Å². The molecule has 0 aliphatic heterocycles. The SMILES string of the molecule is O=[N+]([O-])Sc1ccc(Oc2ccccc2)cc1. The third-order valence-electron chi connectivity index (χ3n) is 1.98. The van der Waals surface area contributed by atoms with E-state index in [0.717, 1.165) is 5.75 Å². The predicted molar refractivity (Wildman–Crippen MR) is 65.8 cm³/mol. The lowest BCUT2D eigenvalue weighted by atomic mass is 10.3. The maximum Gasteiger partial charge on any atom is 0.265 e. The fraction of sp³-hybridized carbons (Fsp3) is 0. The molecule has 0 aliphatic carbocycles. The van der Waals surface area contributed by atoms with E-state index in [0.29, 0.717) is 22.6 Å². The molecule has 0 saturated heterocycles. The van der Waals surface area contributed by atoms with Crippen LogP contribution < -0.4 is 4.74 Å². The Labute approximate surface area is 103 Å². The Hall–Kier alpha value is -2.01. The summed E-state index contributed by atoms with van der Waals surface area (Å²) in [4.78, 5) is 10.9. The zero-order chi connectivity index (χ0) is 12.1. The van der Waals surface area contributed by atoms with Crippen LogP contribution in [0.4, 0.5) is 0 Å². The first kappa shape index (κ1) is 11.5. The smallest absolute Gasteiger partial charge is 0.265 e. The monoisotopic (exact) mass is 247 g/mol. The predicted octanol–water partition coefficient (Wildman–Crippen LogP) is 3.76. The second-order valence-corrected chi connectivity index (χ2v) is 4.15. The number of rotatable bonds is 4. The van der Waals surface area contributed by atoms with E-state index in [9.17, 15) is 10.1 Å². The second-order valence-electron chi connectivity index (χ2n) is 3.20. The van der Waals surface area contributed by atoms with Crippen LogP contribution >= 0.6 is 11.9 Å². The topological polar surface area (TPSA) is 52.4 Å². The molecule has 2 rings (SSSR count). The Morgan fingerprint density at radius 2 is 1.53 bits per heavy atom. The summed E-state index contributed by atoms with van der Waals surface area (Å²) in [6.07, 6.45) is 0. The van der Waals surface area contributed by atoms with E-state index in [1.54, 1.807) is 24.3 Å². The van der Waals surface area contributed by atoms with Crippen molar-refractivity contribution in [3.63, 3.8) is 0 Å². The van der Waals surface area contributed by atoms with Gasteiger partial charge in [-0.2, -0.15) is 0 Å². The van der Waals surface area contributed by atoms with Gasteiger partial charge in [0.1, 0.15) is 15.8 Å². The molecule has 0 atom stereocenters. The maximum absolute atomic E-state index is 10.3. The van der Waals surface area contributed by atoms with E-state index in [1.807, 2.05) is 30.3 Å². The van der Waals surface area contributed by atoms with E-state index in [2.05, 4.69) is 0 Å². The van der Waals surface area contributed by atoms with Gasteiger partial charge < -0.3 is 4.74 Å². The molecule has 17 heavy (non-hydrogen) atoms. The Balaban J connectivity index is 2.06. The number of benzene rings is 2. The lowest BCUT2D eigenvalue weighted by Gasteiger charge is -2.04. The minimum absolute atomic E-state index is 0.437. The van der Waals surface area contributed by atoms with Gasteiger partial charge in [-0.15, -0.1) is 0 Å². The first-order valence-corrected chi connectivity index (χ1v) is 5.67. The number of nitrogens with zero attached hydrogens (tertiary/aromatic N) is 1. The largest absolute Gasteiger partial charge is 0.457 e. The van der Waals surface area contributed by atoms with Crippen LogP contribution in [0, 0.1) is 10.1 Å². The Morgan fingerprint density at radius 1 is 0.941 bits per heavy atom. The summed E-state index contributed by atoms with van der Waals surface area (Å²) >= 11 is 0.580. The molecule has 0 fully saturated rings. The maximum atomic E-state index is 10.3. The van der Waals surface area contributed by atoms with Crippen molar-refractivity contribution in [1.82, 2.24) is 0 Å². The molecule has 0 saturated carbocycles. The minimum atomic E-state index is -0.437. The molecule has 0 aromatic heterocycles. The highest BCUT2D eigenvalue weighted by Gasteiger charge is 2.05. The van der Waals surface area contributed by atoms with Crippen LogP contribution in [0.5, 0.6) is 11.5 Å². The molecular weight excluding hydrogens is 238 g/mol. The Kier molecular flexibility index (Phi) is 3.62. The molecule has 5 heteroatoms. The van der Waals surface area contributed by atoms with Crippen molar-refractivity contribution in [3.05, 3.63) is 64.7 Å². The lowest BCUT2D eigenvalue weighted by Crippen LogP contribution is -1.85. The van der Waals surface area contributed by atoms with Crippen LogP contribution in [0.15, 0.2) is 59.5 Å². The Bertz CT molecular complexity index is 499. The standard InChI is InChI=1S/C12H9NO3S/c14-13(15)17-12-8-6-11(7-9-12)16-10-4-2-1-3-5-10/h1-9H. The molecular formula is C12H9NO3S. The first-order chi connectivity index (χ1) is 8.24. The Morgan fingerprint density at radius 3 is 2.12 bits per heavy atom. The molecule has 2 aromatic carbocycles. The summed E-state index contributed by atoms with van der Waals surface area (Å²) in [5, 5.41) is 10.3. The fourth-order valence-electron chi connectivity index (χ4n) is 1.28. The van der Waals surface area contributed by atoms with Crippen LogP contribution in [0.1, 0.15) is 0 Å². The second kappa shape index (κ2) is 5.36. The number of hydrogen-bond donors (Lipinski definition) is 0. The average Bonchev–Trinajstić information content (AvgIpc) is 2.32. The highest BCUT2D eigenvalue weighted by molar-refractivity contribution is 7.93. The van der Waals surface area contributed by atoms with Crippen molar-refractivity contribution in [3.8, 4) is 11.5 Å². The van der Waals surface area contributed by atoms with Gasteiger partial charge in [-0.1, -0.05) is 18.2 Å². The zero-order valence-corrected chi connectivity index (χ0v) is 9.59. The van der Waals surface area contributed by atoms with Crippen LogP contribution in [0.2, 0.25) is 0 Å². The van der Waals surface area contributed by atoms with Crippen molar-refractivity contribution in [1.29, 1.82) is 0 Å². The van der Waals surface area contributed by atoms with Gasteiger partial charge in [0, 0.05) is 0 Å². The summed E-state index contributed by atoms with van der Waals surface area (Å²) in [6.45, 7) is 0. The van der Waals surface area contributed by atoms with Crippen molar-refractivity contribution >= 4 is 11.9 Å². The number of nitro groups is 1. The molecule has 0 heterocycles. The van der Waals surface area contributed by atoms with Gasteiger partial charge in [0.15, 0.2) is 0 Å². The third kappa shape index (κ3) is 3.49.